The summed E-state index contributed by atoms with van der Waals surface area (Å²) in [5.41, 5.74) is 4.98. The third kappa shape index (κ3) is 3.19. The average molecular weight is 192 g/mol. The molecule has 0 amide bonds. The van der Waals surface area contributed by atoms with Crippen molar-refractivity contribution in [3.05, 3.63) is 0 Å². The number of rotatable bonds is 4. The summed E-state index contributed by atoms with van der Waals surface area (Å²) in [6.45, 7) is -0.752. The van der Waals surface area contributed by atoms with Gasteiger partial charge in [0.1, 0.15) is 0 Å². The van der Waals surface area contributed by atoms with Crippen LogP contribution in [0.2, 0.25) is 0 Å². The van der Waals surface area contributed by atoms with E-state index >= 15 is 0 Å². The summed E-state index contributed by atoms with van der Waals surface area (Å²) in [6, 6.07) is 0.345. The monoisotopic (exact) mass is 192 g/mol. The first-order chi connectivity index (χ1) is 6.05. The molecule has 1 aliphatic rings. The molecule has 0 aromatic heterocycles. The van der Waals surface area contributed by atoms with Gasteiger partial charge in [-0.3, -0.25) is 4.90 Å². The highest BCUT2D eigenvalue weighted by molar-refractivity contribution is 4.79. The van der Waals surface area contributed by atoms with Crippen molar-refractivity contribution in [1.82, 2.24) is 4.90 Å². The molecule has 0 saturated heterocycles. The Morgan fingerprint density at radius 3 is 2.38 bits per heavy atom. The lowest BCUT2D eigenvalue weighted by Crippen LogP contribution is -2.43. The van der Waals surface area contributed by atoms with Gasteiger partial charge in [-0.1, -0.05) is 12.8 Å². The van der Waals surface area contributed by atoms with Gasteiger partial charge in [-0.2, -0.15) is 0 Å². The number of nitrogens with zero attached hydrogens (tertiary/aromatic N) is 1. The summed E-state index contributed by atoms with van der Waals surface area (Å²) in [6.07, 6.45) is 4.45. The van der Waals surface area contributed by atoms with Crippen molar-refractivity contribution >= 4 is 0 Å². The van der Waals surface area contributed by atoms with E-state index in [1.807, 2.05) is 0 Å². The van der Waals surface area contributed by atoms with Crippen LogP contribution in [0.25, 0.3) is 0 Å². The molecule has 1 saturated carbocycles. The minimum atomic E-state index is -2.72. The van der Waals surface area contributed by atoms with Crippen LogP contribution in [0.4, 0.5) is 8.78 Å². The van der Waals surface area contributed by atoms with Crippen molar-refractivity contribution in [2.24, 2.45) is 5.73 Å². The molecule has 0 bridgehead atoms. The van der Waals surface area contributed by atoms with Crippen molar-refractivity contribution < 1.29 is 8.78 Å². The lowest BCUT2D eigenvalue weighted by molar-refractivity contribution is -0.0262. The van der Waals surface area contributed by atoms with E-state index in [-0.39, 0.29) is 6.54 Å². The van der Waals surface area contributed by atoms with E-state index < -0.39 is 12.5 Å². The maximum Gasteiger partial charge on any atom is 0.272 e. The number of alkyl halides is 2. The van der Waals surface area contributed by atoms with E-state index in [1.54, 1.807) is 11.9 Å². The molecule has 0 aliphatic heterocycles. The summed E-state index contributed by atoms with van der Waals surface area (Å²) < 4.78 is 25.8. The molecule has 4 heteroatoms. The van der Waals surface area contributed by atoms with Crippen molar-refractivity contribution in [3.8, 4) is 0 Å². The summed E-state index contributed by atoms with van der Waals surface area (Å²) in [5.74, 6) is -2.72. The maximum absolute atomic E-state index is 12.9. The van der Waals surface area contributed by atoms with Crippen LogP contribution < -0.4 is 5.73 Å². The minimum Gasteiger partial charge on any atom is -0.325 e. The summed E-state index contributed by atoms with van der Waals surface area (Å²) in [4.78, 5) is 1.75. The molecule has 78 valence electrons. The fourth-order valence-electron chi connectivity index (χ4n) is 1.90. The molecule has 0 radical (unpaired) electrons. The smallest absolute Gasteiger partial charge is 0.272 e. The van der Waals surface area contributed by atoms with E-state index in [4.69, 9.17) is 5.73 Å². The second-order valence-corrected chi connectivity index (χ2v) is 3.91. The fraction of sp³-hybridized carbons (Fsp3) is 1.00. The highest BCUT2D eigenvalue weighted by Gasteiger charge is 2.31. The zero-order valence-corrected chi connectivity index (χ0v) is 8.10. The SMILES string of the molecule is CN(CC(F)(F)CN)C1CCCC1. The van der Waals surface area contributed by atoms with Gasteiger partial charge in [0.05, 0.1) is 13.1 Å². The Morgan fingerprint density at radius 1 is 1.38 bits per heavy atom. The van der Waals surface area contributed by atoms with Crippen LogP contribution >= 0.6 is 0 Å². The Balaban J connectivity index is 2.35. The van der Waals surface area contributed by atoms with Crippen molar-refractivity contribution in [2.75, 3.05) is 20.1 Å². The lowest BCUT2D eigenvalue weighted by Gasteiger charge is -2.27. The Labute approximate surface area is 78.1 Å². The van der Waals surface area contributed by atoms with Crippen molar-refractivity contribution in [2.45, 2.75) is 37.6 Å². The molecule has 1 rings (SSSR count). The predicted molar refractivity (Wildman–Crippen MR) is 48.9 cm³/mol. The van der Waals surface area contributed by atoms with Gasteiger partial charge in [0.15, 0.2) is 0 Å². The molecule has 0 aromatic rings. The molecule has 13 heavy (non-hydrogen) atoms. The van der Waals surface area contributed by atoms with Crippen LogP contribution in [-0.4, -0.2) is 37.0 Å². The van der Waals surface area contributed by atoms with Crippen LogP contribution in [0.5, 0.6) is 0 Å². The molecule has 0 aromatic carbocycles. The quantitative estimate of drug-likeness (QED) is 0.730. The molecule has 1 fully saturated rings. The van der Waals surface area contributed by atoms with Gasteiger partial charge in [-0.15, -0.1) is 0 Å². The zero-order valence-electron chi connectivity index (χ0n) is 8.10. The first-order valence-electron chi connectivity index (χ1n) is 4.83. The highest BCUT2D eigenvalue weighted by atomic mass is 19.3. The van der Waals surface area contributed by atoms with E-state index in [1.165, 1.54) is 12.8 Å². The van der Waals surface area contributed by atoms with Gasteiger partial charge in [0, 0.05) is 6.04 Å². The standard InChI is InChI=1S/C9H18F2N2/c1-13(7-9(10,11)6-12)8-4-2-3-5-8/h8H,2-7,12H2,1H3. The third-order valence-electron chi connectivity index (χ3n) is 2.73. The largest absolute Gasteiger partial charge is 0.325 e. The average Bonchev–Trinajstić information content (AvgIpc) is 2.55. The van der Waals surface area contributed by atoms with Crippen LogP contribution in [0.3, 0.4) is 0 Å². The Hall–Kier alpha value is -0.220. The number of halogens is 2. The van der Waals surface area contributed by atoms with Gasteiger partial charge in [-0.05, 0) is 19.9 Å². The minimum absolute atomic E-state index is 0.200. The molecule has 0 heterocycles. The molecule has 0 atom stereocenters. The first kappa shape index (κ1) is 10.9. The molecule has 2 N–H and O–H groups in total. The Bertz CT molecular complexity index is 156. The number of hydrogen-bond acceptors (Lipinski definition) is 2. The second-order valence-electron chi connectivity index (χ2n) is 3.91. The van der Waals surface area contributed by atoms with Gasteiger partial charge in [-0.25, -0.2) is 8.78 Å². The van der Waals surface area contributed by atoms with Crippen molar-refractivity contribution in [3.63, 3.8) is 0 Å². The van der Waals surface area contributed by atoms with Crippen LogP contribution in [0, 0.1) is 0 Å². The van der Waals surface area contributed by atoms with Crippen LogP contribution in [-0.2, 0) is 0 Å². The highest BCUT2D eigenvalue weighted by Crippen LogP contribution is 2.24. The molecule has 2 nitrogen and oxygen atoms in total. The Kier molecular flexibility index (Phi) is 3.62. The van der Waals surface area contributed by atoms with Crippen LogP contribution in [0.1, 0.15) is 25.7 Å². The third-order valence-corrected chi connectivity index (χ3v) is 2.73. The normalized spacial score (nSPS) is 20.1. The molecular formula is C9H18F2N2. The molecule has 0 unspecified atom stereocenters. The molecule has 1 aliphatic carbocycles. The van der Waals surface area contributed by atoms with Gasteiger partial charge in [0.2, 0.25) is 0 Å². The second kappa shape index (κ2) is 4.33. The summed E-state index contributed by atoms with van der Waals surface area (Å²) >= 11 is 0. The van der Waals surface area contributed by atoms with Gasteiger partial charge >= 0.3 is 0 Å². The fourth-order valence-corrected chi connectivity index (χ4v) is 1.90. The van der Waals surface area contributed by atoms with Crippen molar-refractivity contribution in [1.29, 1.82) is 0 Å². The van der Waals surface area contributed by atoms with Gasteiger partial charge < -0.3 is 5.73 Å². The topological polar surface area (TPSA) is 29.3 Å². The lowest BCUT2D eigenvalue weighted by atomic mass is 10.2. The molecular weight excluding hydrogens is 174 g/mol. The van der Waals surface area contributed by atoms with Crippen LogP contribution in [0.15, 0.2) is 0 Å². The van der Waals surface area contributed by atoms with E-state index in [2.05, 4.69) is 0 Å². The Morgan fingerprint density at radius 2 is 1.92 bits per heavy atom. The number of hydrogen-bond donors (Lipinski definition) is 1. The van der Waals surface area contributed by atoms with E-state index in [9.17, 15) is 8.78 Å². The van der Waals surface area contributed by atoms with Gasteiger partial charge in [0.25, 0.3) is 5.92 Å². The number of nitrogens with two attached hydrogens (primary N) is 1. The van der Waals surface area contributed by atoms with E-state index in [0.717, 1.165) is 12.8 Å². The molecule has 0 spiro atoms. The zero-order chi connectivity index (χ0) is 9.90. The van der Waals surface area contributed by atoms with E-state index in [0.29, 0.717) is 6.04 Å². The predicted octanol–water partition coefficient (Wildman–Crippen LogP) is 1.45. The first-order valence-corrected chi connectivity index (χ1v) is 4.83. The summed E-state index contributed by atoms with van der Waals surface area (Å²) in [7, 11) is 1.76. The summed E-state index contributed by atoms with van der Waals surface area (Å²) in [5, 5.41) is 0. The maximum atomic E-state index is 12.9.